The molecule has 0 aliphatic heterocycles. The summed E-state index contributed by atoms with van der Waals surface area (Å²) in [5.41, 5.74) is 8.29. The van der Waals surface area contributed by atoms with E-state index in [-0.39, 0.29) is 5.84 Å². The van der Waals surface area contributed by atoms with Crippen LogP contribution in [-0.2, 0) is 18.0 Å². The van der Waals surface area contributed by atoms with Gasteiger partial charge in [-0.15, -0.1) is 0 Å². The summed E-state index contributed by atoms with van der Waals surface area (Å²) in [5, 5.41) is 7.33. The number of nitrogens with two attached hydrogens (primary N) is 1. The van der Waals surface area contributed by atoms with Gasteiger partial charge in [-0.2, -0.15) is 0 Å². The Balaban J connectivity index is 1.84. The molecule has 104 valence electrons. The minimum Gasteiger partial charge on any atom is -0.497 e. The molecule has 0 amide bonds. The second kappa shape index (κ2) is 6.73. The molecule has 0 heterocycles. The zero-order valence-corrected chi connectivity index (χ0v) is 11.4. The summed E-state index contributed by atoms with van der Waals surface area (Å²) in [7, 11) is 1.65. The highest BCUT2D eigenvalue weighted by Crippen LogP contribution is 2.13. The number of nitrogen functional groups attached to an aromatic ring is 1. The average Bonchev–Trinajstić information content (AvgIpc) is 2.48. The van der Waals surface area contributed by atoms with Gasteiger partial charge in [0.25, 0.3) is 0 Å². The standard InChI is InChI=1S/C16H18N2O2/c1-19-15-8-4-13(5-9-15)11-20-10-12-2-6-14(7-3-12)16(17)18/h2-9H,10-11H2,1H3,(H3,17,18). The molecular weight excluding hydrogens is 252 g/mol. The first kappa shape index (κ1) is 14.1. The number of hydrogen-bond donors (Lipinski definition) is 2. The number of benzene rings is 2. The molecule has 0 aliphatic rings. The maximum absolute atomic E-state index is 7.33. The lowest BCUT2D eigenvalue weighted by molar-refractivity contribution is 0.107. The van der Waals surface area contributed by atoms with Crippen molar-refractivity contribution >= 4 is 5.84 Å². The van der Waals surface area contributed by atoms with E-state index in [2.05, 4.69) is 0 Å². The maximum Gasteiger partial charge on any atom is 0.122 e. The summed E-state index contributed by atoms with van der Waals surface area (Å²) in [4.78, 5) is 0. The average molecular weight is 270 g/mol. The fraction of sp³-hybridized carbons (Fsp3) is 0.188. The monoisotopic (exact) mass is 270 g/mol. The van der Waals surface area contributed by atoms with Gasteiger partial charge in [0.1, 0.15) is 11.6 Å². The number of nitrogens with one attached hydrogen (secondary N) is 1. The molecule has 0 saturated heterocycles. The van der Waals surface area contributed by atoms with E-state index in [0.717, 1.165) is 22.4 Å². The van der Waals surface area contributed by atoms with E-state index in [0.29, 0.717) is 13.2 Å². The van der Waals surface area contributed by atoms with Gasteiger partial charge in [0.05, 0.1) is 20.3 Å². The number of ether oxygens (including phenoxy) is 2. The summed E-state index contributed by atoms with van der Waals surface area (Å²) in [6.07, 6.45) is 0. The van der Waals surface area contributed by atoms with E-state index >= 15 is 0 Å². The zero-order valence-electron chi connectivity index (χ0n) is 11.4. The number of amidine groups is 1. The Kier molecular flexibility index (Phi) is 4.74. The largest absolute Gasteiger partial charge is 0.497 e. The third-order valence-electron chi connectivity index (χ3n) is 2.96. The third-order valence-corrected chi connectivity index (χ3v) is 2.96. The van der Waals surface area contributed by atoms with Crippen molar-refractivity contribution in [1.29, 1.82) is 5.41 Å². The van der Waals surface area contributed by atoms with Gasteiger partial charge in [0.2, 0.25) is 0 Å². The van der Waals surface area contributed by atoms with Crippen LogP contribution in [0.3, 0.4) is 0 Å². The fourth-order valence-electron chi connectivity index (χ4n) is 1.79. The summed E-state index contributed by atoms with van der Waals surface area (Å²) in [5.74, 6) is 0.921. The van der Waals surface area contributed by atoms with Gasteiger partial charge >= 0.3 is 0 Å². The SMILES string of the molecule is COc1ccc(COCc2ccc(C(=N)N)cc2)cc1. The minimum atomic E-state index is 0.0794. The Morgan fingerprint density at radius 2 is 1.45 bits per heavy atom. The molecule has 2 aromatic carbocycles. The van der Waals surface area contributed by atoms with Gasteiger partial charge in [-0.1, -0.05) is 36.4 Å². The second-order valence-corrected chi connectivity index (χ2v) is 4.45. The van der Waals surface area contributed by atoms with Gasteiger partial charge in [0.15, 0.2) is 0 Å². The van der Waals surface area contributed by atoms with Crippen LogP contribution in [0.15, 0.2) is 48.5 Å². The number of rotatable bonds is 6. The molecule has 4 heteroatoms. The van der Waals surface area contributed by atoms with Crippen LogP contribution in [0.4, 0.5) is 0 Å². The lowest BCUT2D eigenvalue weighted by Gasteiger charge is -2.06. The van der Waals surface area contributed by atoms with Gasteiger partial charge in [-0.3, -0.25) is 5.41 Å². The molecule has 4 nitrogen and oxygen atoms in total. The van der Waals surface area contributed by atoms with E-state index < -0.39 is 0 Å². The lowest BCUT2D eigenvalue weighted by atomic mass is 10.1. The van der Waals surface area contributed by atoms with Crippen molar-refractivity contribution in [1.82, 2.24) is 0 Å². The first-order valence-corrected chi connectivity index (χ1v) is 6.33. The van der Waals surface area contributed by atoms with Crippen molar-refractivity contribution in [2.24, 2.45) is 5.73 Å². The van der Waals surface area contributed by atoms with Crippen LogP contribution in [0.1, 0.15) is 16.7 Å². The summed E-state index contributed by atoms with van der Waals surface area (Å²) in [6.45, 7) is 1.09. The highest BCUT2D eigenvalue weighted by atomic mass is 16.5. The molecule has 0 radical (unpaired) electrons. The van der Waals surface area contributed by atoms with Crippen molar-refractivity contribution in [3.8, 4) is 5.75 Å². The molecule has 0 unspecified atom stereocenters. The van der Waals surface area contributed by atoms with Crippen LogP contribution < -0.4 is 10.5 Å². The molecule has 0 fully saturated rings. The predicted molar refractivity (Wildman–Crippen MR) is 78.9 cm³/mol. The van der Waals surface area contributed by atoms with Crippen LogP contribution in [0.5, 0.6) is 5.75 Å². The van der Waals surface area contributed by atoms with E-state index in [1.165, 1.54) is 0 Å². The Morgan fingerprint density at radius 3 is 1.90 bits per heavy atom. The molecule has 0 bridgehead atoms. The summed E-state index contributed by atoms with van der Waals surface area (Å²) < 4.78 is 10.8. The quantitative estimate of drug-likeness (QED) is 0.626. The maximum atomic E-state index is 7.33. The fourth-order valence-corrected chi connectivity index (χ4v) is 1.79. The van der Waals surface area contributed by atoms with E-state index in [4.69, 9.17) is 20.6 Å². The Hall–Kier alpha value is -2.33. The lowest BCUT2D eigenvalue weighted by Crippen LogP contribution is -2.10. The molecule has 0 aliphatic carbocycles. The smallest absolute Gasteiger partial charge is 0.122 e. The first-order chi connectivity index (χ1) is 9.69. The molecule has 2 rings (SSSR count). The van der Waals surface area contributed by atoms with E-state index in [1.807, 2.05) is 48.5 Å². The summed E-state index contributed by atoms with van der Waals surface area (Å²) >= 11 is 0. The van der Waals surface area contributed by atoms with Gasteiger partial charge < -0.3 is 15.2 Å². The highest BCUT2D eigenvalue weighted by molar-refractivity contribution is 5.94. The Morgan fingerprint density at radius 1 is 0.950 bits per heavy atom. The van der Waals surface area contributed by atoms with E-state index in [9.17, 15) is 0 Å². The van der Waals surface area contributed by atoms with Crippen molar-refractivity contribution in [3.05, 3.63) is 65.2 Å². The highest BCUT2D eigenvalue weighted by Gasteiger charge is 1.99. The first-order valence-electron chi connectivity index (χ1n) is 6.33. The molecular formula is C16H18N2O2. The molecule has 20 heavy (non-hydrogen) atoms. The molecule has 2 aromatic rings. The van der Waals surface area contributed by atoms with Gasteiger partial charge in [-0.05, 0) is 23.3 Å². The normalized spacial score (nSPS) is 10.2. The van der Waals surface area contributed by atoms with Crippen LogP contribution in [-0.4, -0.2) is 12.9 Å². The molecule has 0 atom stereocenters. The minimum absolute atomic E-state index is 0.0794. The topological polar surface area (TPSA) is 68.3 Å². The van der Waals surface area contributed by atoms with Crippen LogP contribution in [0.25, 0.3) is 0 Å². The molecule has 0 saturated carbocycles. The predicted octanol–water partition coefficient (Wildman–Crippen LogP) is 2.70. The second-order valence-electron chi connectivity index (χ2n) is 4.45. The van der Waals surface area contributed by atoms with Gasteiger partial charge in [-0.25, -0.2) is 0 Å². The van der Waals surface area contributed by atoms with Crippen molar-refractivity contribution < 1.29 is 9.47 Å². The van der Waals surface area contributed by atoms with Crippen LogP contribution in [0.2, 0.25) is 0 Å². The Bertz CT molecular complexity index is 562. The summed E-state index contributed by atoms with van der Waals surface area (Å²) in [6, 6.07) is 15.3. The van der Waals surface area contributed by atoms with Gasteiger partial charge in [0, 0.05) is 5.56 Å². The van der Waals surface area contributed by atoms with Crippen molar-refractivity contribution in [2.75, 3.05) is 7.11 Å². The van der Waals surface area contributed by atoms with Crippen LogP contribution >= 0.6 is 0 Å². The molecule has 3 N–H and O–H groups in total. The Labute approximate surface area is 118 Å². The molecule has 0 aromatic heterocycles. The third kappa shape index (κ3) is 3.83. The molecule has 0 spiro atoms. The number of hydrogen-bond acceptors (Lipinski definition) is 3. The zero-order chi connectivity index (χ0) is 14.4. The van der Waals surface area contributed by atoms with Crippen molar-refractivity contribution in [2.45, 2.75) is 13.2 Å². The van der Waals surface area contributed by atoms with Crippen LogP contribution in [0, 0.1) is 5.41 Å². The van der Waals surface area contributed by atoms with Crippen molar-refractivity contribution in [3.63, 3.8) is 0 Å². The number of methoxy groups -OCH3 is 1. The van der Waals surface area contributed by atoms with E-state index in [1.54, 1.807) is 7.11 Å².